The van der Waals surface area contributed by atoms with Gasteiger partial charge >= 0.3 is 11.4 Å². The molecule has 0 saturated carbocycles. The Morgan fingerprint density at radius 1 is 1.12 bits per heavy atom. The second-order valence-corrected chi connectivity index (χ2v) is 7.17. The highest BCUT2D eigenvalue weighted by Gasteiger charge is 2.16. The Labute approximate surface area is 140 Å². The van der Waals surface area contributed by atoms with Gasteiger partial charge in [-0.25, -0.2) is 18.0 Å². The molecule has 0 radical (unpaired) electrons. The largest absolute Gasteiger partial charge is 0.419 e. The molecule has 124 valence electrons. The number of rotatable bonds is 3. The van der Waals surface area contributed by atoms with Crippen LogP contribution in [0.15, 0.2) is 55.3 Å². The van der Waals surface area contributed by atoms with E-state index in [1.807, 2.05) is 0 Å². The zero-order valence-corrected chi connectivity index (χ0v) is 13.9. The van der Waals surface area contributed by atoms with E-state index in [2.05, 4.69) is 14.1 Å². The summed E-state index contributed by atoms with van der Waals surface area (Å²) in [6, 6.07) is 8.47. The van der Waals surface area contributed by atoms with E-state index in [-0.39, 0.29) is 15.8 Å². The van der Waals surface area contributed by atoms with Crippen LogP contribution in [0.25, 0.3) is 10.9 Å². The molecule has 9 heteroatoms. The highest BCUT2D eigenvalue weighted by Crippen LogP contribution is 2.23. The van der Waals surface area contributed by atoms with Crippen molar-refractivity contribution < 1.29 is 12.8 Å². The van der Waals surface area contributed by atoms with Crippen LogP contribution in [-0.4, -0.2) is 13.4 Å². The van der Waals surface area contributed by atoms with Crippen molar-refractivity contribution in [2.45, 2.75) is 11.8 Å². The smallest absolute Gasteiger partial charge is 0.372 e. The summed E-state index contributed by atoms with van der Waals surface area (Å²) >= 11 is 5.98. The molecule has 0 amide bonds. The number of hydrogen-bond donors (Lipinski definition) is 2. The third-order valence-corrected chi connectivity index (χ3v) is 5.15. The molecule has 0 bridgehead atoms. The van der Waals surface area contributed by atoms with Crippen LogP contribution in [0.2, 0.25) is 5.02 Å². The minimum atomic E-state index is -3.94. The highest BCUT2D eigenvalue weighted by atomic mass is 35.5. The molecule has 0 spiro atoms. The summed E-state index contributed by atoms with van der Waals surface area (Å²) in [5, 5.41) is 0.381. The molecule has 7 nitrogen and oxygen atoms in total. The van der Waals surface area contributed by atoms with Crippen LogP contribution in [0.4, 0.5) is 5.69 Å². The van der Waals surface area contributed by atoms with Crippen LogP contribution in [0.3, 0.4) is 0 Å². The number of nitrogens with one attached hydrogen (secondary N) is 2. The molecule has 1 aromatic heterocycles. The average Bonchev–Trinajstić information content (AvgIpc) is 2.50. The Morgan fingerprint density at radius 2 is 1.88 bits per heavy atom. The predicted octanol–water partition coefficient (Wildman–Crippen LogP) is 2.24. The van der Waals surface area contributed by atoms with Crippen molar-refractivity contribution in [3.8, 4) is 0 Å². The Kier molecular flexibility index (Phi) is 3.94. The summed E-state index contributed by atoms with van der Waals surface area (Å²) in [6.07, 6.45) is 0. The molecule has 0 saturated heterocycles. The molecule has 24 heavy (non-hydrogen) atoms. The van der Waals surface area contributed by atoms with Crippen LogP contribution in [0.1, 0.15) is 5.56 Å². The first-order valence-electron chi connectivity index (χ1n) is 6.72. The van der Waals surface area contributed by atoms with Crippen LogP contribution in [0, 0.1) is 6.92 Å². The zero-order chi connectivity index (χ0) is 17.5. The number of H-pyrrole nitrogens is 1. The summed E-state index contributed by atoms with van der Waals surface area (Å²) in [5.74, 6) is -0.907. The lowest BCUT2D eigenvalue weighted by atomic mass is 10.2. The van der Waals surface area contributed by atoms with Gasteiger partial charge in [0, 0.05) is 5.02 Å². The Bertz CT molecular complexity index is 1160. The first-order valence-corrected chi connectivity index (χ1v) is 8.58. The number of sulfonamides is 1. The second-order valence-electron chi connectivity index (χ2n) is 5.08. The number of hydrogen-bond acceptors (Lipinski definition) is 5. The third kappa shape index (κ3) is 3.06. The molecular weight excluding hydrogens is 356 g/mol. The van der Waals surface area contributed by atoms with E-state index >= 15 is 0 Å². The molecule has 0 fully saturated rings. The lowest BCUT2D eigenvalue weighted by molar-refractivity contribution is 0.460. The molecule has 0 unspecified atom stereocenters. The van der Waals surface area contributed by atoms with Gasteiger partial charge in [-0.3, -0.25) is 9.71 Å². The van der Waals surface area contributed by atoms with Gasteiger partial charge in [0.2, 0.25) is 0 Å². The molecule has 0 aliphatic heterocycles. The number of aryl methyl sites for hydroxylation is 1. The fourth-order valence-electron chi connectivity index (χ4n) is 2.11. The van der Waals surface area contributed by atoms with Crippen LogP contribution >= 0.6 is 11.6 Å². The van der Waals surface area contributed by atoms with E-state index in [4.69, 9.17) is 11.6 Å². The zero-order valence-electron chi connectivity index (χ0n) is 12.3. The van der Waals surface area contributed by atoms with E-state index in [1.54, 1.807) is 19.1 Å². The first-order chi connectivity index (χ1) is 11.3. The number of anilines is 1. The maximum Gasteiger partial charge on any atom is 0.419 e. The molecule has 0 atom stereocenters. The van der Waals surface area contributed by atoms with Crippen LogP contribution in [0.5, 0.6) is 0 Å². The number of benzene rings is 2. The molecule has 0 aliphatic carbocycles. The molecular formula is C15H11ClN2O5S. The van der Waals surface area contributed by atoms with Gasteiger partial charge in [0.05, 0.1) is 21.5 Å². The lowest BCUT2D eigenvalue weighted by Crippen LogP contribution is -2.16. The summed E-state index contributed by atoms with van der Waals surface area (Å²) in [7, 11) is -3.94. The lowest BCUT2D eigenvalue weighted by Gasteiger charge is -2.09. The number of aromatic nitrogens is 1. The number of aromatic amines is 1. The summed E-state index contributed by atoms with van der Waals surface area (Å²) in [5.41, 5.74) is 0.379. The SMILES string of the molecule is Cc1ccc(NS(=O)(=O)c2ccc3[nH]c(=O)oc(=O)c3c2)cc1Cl. The molecule has 3 rings (SSSR count). The van der Waals surface area contributed by atoms with Crippen molar-refractivity contribution in [3.05, 3.63) is 68.0 Å². The maximum atomic E-state index is 12.5. The molecule has 0 aliphatic rings. The summed E-state index contributed by atoms with van der Waals surface area (Å²) in [4.78, 5) is 25.0. The van der Waals surface area contributed by atoms with Crippen molar-refractivity contribution in [1.82, 2.24) is 4.98 Å². The van der Waals surface area contributed by atoms with Crippen molar-refractivity contribution in [2.24, 2.45) is 0 Å². The van der Waals surface area contributed by atoms with Gasteiger partial charge in [-0.15, -0.1) is 0 Å². The third-order valence-electron chi connectivity index (χ3n) is 3.37. The molecule has 1 heterocycles. The van der Waals surface area contributed by atoms with E-state index in [0.717, 1.165) is 11.6 Å². The minimum absolute atomic E-state index is 0.0422. The Morgan fingerprint density at radius 3 is 2.58 bits per heavy atom. The van der Waals surface area contributed by atoms with E-state index in [1.165, 1.54) is 18.2 Å². The first kappa shape index (κ1) is 16.3. The van der Waals surface area contributed by atoms with Crippen molar-refractivity contribution in [3.63, 3.8) is 0 Å². The van der Waals surface area contributed by atoms with Gasteiger partial charge in [0.25, 0.3) is 10.0 Å². The monoisotopic (exact) mass is 366 g/mol. The predicted molar refractivity (Wildman–Crippen MR) is 90.1 cm³/mol. The fraction of sp³-hybridized carbons (Fsp3) is 0.0667. The van der Waals surface area contributed by atoms with Gasteiger partial charge in [-0.05, 0) is 42.8 Å². The molecule has 3 aromatic rings. The average molecular weight is 367 g/mol. The second kappa shape index (κ2) is 5.81. The Hall–Kier alpha value is -2.58. The quantitative estimate of drug-likeness (QED) is 0.738. The topological polar surface area (TPSA) is 109 Å². The van der Waals surface area contributed by atoms with Gasteiger partial charge in [0.15, 0.2) is 0 Å². The van der Waals surface area contributed by atoms with Gasteiger partial charge < -0.3 is 4.42 Å². The van der Waals surface area contributed by atoms with Crippen molar-refractivity contribution >= 4 is 38.2 Å². The minimum Gasteiger partial charge on any atom is -0.372 e. The summed E-state index contributed by atoms with van der Waals surface area (Å²) < 4.78 is 31.7. The van der Waals surface area contributed by atoms with Gasteiger partial charge in [-0.1, -0.05) is 17.7 Å². The number of fused-ring (bicyclic) bond motifs is 1. The molecule has 2 N–H and O–H groups in total. The number of halogens is 1. The van der Waals surface area contributed by atoms with Crippen LogP contribution < -0.4 is 16.1 Å². The van der Waals surface area contributed by atoms with Gasteiger partial charge in [-0.2, -0.15) is 0 Å². The maximum absolute atomic E-state index is 12.5. The van der Waals surface area contributed by atoms with Crippen molar-refractivity contribution in [1.29, 1.82) is 0 Å². The van der Waals surface area contributed by atoms with E-state index < -0.39 is 21.4 Å². The van der Waals surface area contributed by atoms with Crippen molar-refractivity contribution in [2.75, 3.05) is 4.72 Å². The van der Waals surface area contributed by atoms with E-state index in [9.17, 15) is 18.0 Å². The summed E-state index contributed by atoms with van der Waals surface area (Å²) in [6.45, 7) is 1.80. The van der Waals surface area contributed by atoms with E-state index in [0.29, 0.717) is 10.7 Å². The molecule has 2 aromatic carbocycles. The fourth-order valence-corrected chi connectivity index (χ4v) is 3.37. The standard InChI is InChI=1S/C15H11ClN2O5S/c1-8-2-3-9(6-12(8)16)18-24(21,22)10-4-5-13-11(7-10)14(19)23-15(20)17-13/h2-7,18H,1H3,(H,17,20). The highest BCUT2D eigenvalue weighted by molar-refractivity contribution is 7.92. The van der Waals surface area contributed by atoms with Crippen LogP contribution in [-0.2, 0) is 10.0 Å². The Balaban J connectivity index is 2.06. The normalized spacial score (nSPS) is 11.6. The van der Waals surface area contributed by atoms with Gasteiger partial charge in [0.1, 0.15) is 0 Å².